The highest BCUT2D eigenvalue weighted by molar-refractivity contribution is 7.07. The van der Waals surface area contributed by atoms with Gasteiger partial charge in [-0.15, -0.1) is 10.2 Å². The molecule has 0 amide bonds. The van der Waals surface area contributed by atoms with E-state index in [1.807, 2.05) is 12.3 Å². The Morgan fingerprint density at radius 1 is 1.33 bits per heavy atom. The Bertz CT molecular complexity index is 426. The summed E-state index contributed by atoms with van der Waals surface area (Å²) < 4.78 is 7.07. The summed E-state index contributed by atoms with van der Waals surface area (Å²) in [4.78, 5) is 10.4. The van der Waals surface area contributed by atoms with Crippen LogP contribution in [0.15, 0.2) is 5.38 Å². The molecule has 0 spiro atoms. The fraction of sp³-hybridized carbons (Fsp3) is 0.286. The van der Waals surface area contributed by atoms with Crippen LogP contribution >= 0.6 is 23.1 Å². The van der Waals surface area contributed by atoms with Gasteiger partial charge in [-0.05, 0) is 36.9 Å². The van der Waals surface area contributed by atoms with Crippen LogP contribution in [-0.4, -0.2) is 30.2 Å². The van der Waals surface area contributed by atoms with Gasteiger partial charge in [0.2, 0.25) is 0 Å². The topological polar surface area (TPSA) is 88.9 Å². The van der Waals surface area contributed by atoms with E-state index < -0.39 is 5.97 Å². The number of carboxylic acids is 1. The first-order valence-corrected chi connectivity index (χ1v) is 5.48. The number of aromatic carboxylic acids is 1. The van der Waals surface area contributed by atoms with Crippen molar-refractivity contribution in [3.05, 3.63) is 21.6 Å². The summed E-state index contributed by atoms with van der Waals surface area (Å²) in [6.45, 7) is 3.54. The van der Waals surface area contributed by atoms with E-state index in [-0.39, 0.29) is 4.88 Å². The zero-order valence-electron chi connectivity index (χ0n) is 8.04. The van der Waals surface area contributed by atoms with Crippen molar-refractivity contribution in [2.45, 2.75) is 13.8 Å². The molecule has 15 heavy (non-hydrogen) atoms. The monoisotopic (exact) mass is 244 g/mol. The van der Waals surface area contributed by atoms with E-state index in [9.17, 15) is 4.79 Å². The number of carboxylic acid groups (broad SMARTS) is 1. The number of nitrogens with zero attached hydrogens (tertiary/aromatic N) is 4. The van der Waals surface area contributed by atoms with Crippen LogP contribution < -0.4 is 0 Å². The molecule has 0 bridgehead atoms. The third-order valence-electron chi connectivity index (χ3n) is 1.31. The van der Waals surface area contributed by atoms with E-state index in [0.717, 1.165) is 17.2 Å². The average Bonchev–Trinajstić information content (AvgIpc) is 2.77. The molecule has 0 atom stereocenters. The molecule has 8 heteroatoms. The first-order chi connectivity index (χ1) is 7.11. The maximum absolute atomic E-state index is 10.2. The molecule has 0 aliphatic heterocycles. The largest absolute Gasteiger partial charge is 0.477 e. The molecule has 0 aromatic carbocycles. The third-order valence-corrected chi connectivity index (χ3v) is 2.75. The first kappa shape index (κ1) is 11.7. The number of hydrogen-bond acceptors (Lipinski definition) is 7. The Kier molecular flexibility index (Phi) is 4.25. The molecule has 0 fully saturated rings. The van der Waals surface area contributed by atoms with Gasteiger partial charge in [0.05, 0.1) is 11.4 Å². The predicted octanol–water partition coefficient (Wildman–Crippen LogP) is 1.39. The molecule has 0 radical (unpaired) electrons. The second-order valence-corrected chi connectivity index (χ2v) is 3.90. The van der Waals surface area contributed by atoms with Gasteiger partial charge in [-0.2, -0.15) is 0 Å². The molecule has 2 aromatic heterocycles. The number of rotatable bonds is 1. The quantitative estimate of drug-likeness (QED) is 0.815. The summed E-state index contributed by atoms with van der Waals surface area (Å²) in [5, 5.41) is 17.5. The summed E-state index contributed by atoms with van der Waals surface area (Å²) in [5.74, 6) is -0.956. The summed E-state index contributed by atoms with van der Waals surface area (Å²) in [5.41, 5.74) is 1.48. The van der Waals surface area contributed by atoms with Crippen molar-refractivity contribution < 1.29 is 9.90 Å². The maximum Gasteiger partial charge on any atom is 0.349 e. The summed E-state index contributed by atoms with van der Waals surface area (Å²) >= 11 is 2.28. The SMILES string of the molecule is Cc1csnn1.Cc1nnsc1C(=O)O. The van der Waals surface area contributed by atoms with Crippen molar-refractivity contribution in [3.8, 4) is 0 Å². The van der Waals surface area contributed by atoms with Crippen molar-refractivity contribution in [1.29, 1.82) is 0 Å². The molecule has 6 nitrogen and oxygen atoms in total. The summed E-state index contributed by atoms with van der Waals surface area (Å²) in [6.07, 6.45) is 0. The van der Waals surface area contributed by atoms with Gasteiger partial charge >= 0.3 is 5.97 Å². The lowest BCUT2D eigenvalue weighted by Crippen LogP contribution is -1.94. The van der Waals surface area contributed by atoms with Crippen LogP contribution in [0.2, 0.25) is 0 Å². The Morgan fingerprint density at radius 2 is 2.07 bits per heavy atom. The zero-order valence-corrected chi connectivity index (χ0v) is 9.67. The Labute approximate surface area is 93.9 Å². The molecule has 2 heterocycles. The molecule has 0 saturated carbocycles. The molecule has 1 N–H and O–H groups in total. The highest BCUT2D eigenvalue weighted by Gasteiger charge is 2.09. The highest BCUT2D eigenvalue weighted by Crippen LogP contribution is 2.07. The Balaban J connectivity index is 0.000000162. The van der Waals surface area contributed by atoms with Crippen molar-refractivity contribution in [2.24, 2.45) is 0 Å². The lowest BCUT2D eigenvalue weighted by atomic mass is 10.4. The van der Waals surface area contributed by atoms with Gasteiger partial charge in [-0.1, -0.05) is 8.98 Å². The van der Waals surface area contributed by atoms with Crippen molar-refractivity contribution in [3.63, 3.8) is 0 Å². The lowest BCUT2D eigenvalue weighted by Gasteiger charge is -1.82. The number of aryl methyl sites for hydroxylation is 2. The summed E-state index contributed by atoms with van der Waals surface area (Å²) in [6, 6.07) is 0. The fourth-order valence-corrected chi connectivity index (χ4v) is 1.56. The minimum Gasteiger partial charge on any atom is -0.477 e. The van der Waals surface area contributed by atoms with Gasteiger partial charge in [0.15, 0.2) is 4.88 Å². The smallest absolute Gasteiger partial charge is 0.349 e. The predicted molar refractivity (Wildman–Crippen MR) is 56.3 cm³/mol. The van der Waals surface area contributed by atoms with E-state index >= 15 is 0 Å². The van der Waals surface area contributed by atoms with Gasteiger partial charge in [0.25, 0.3) is 0 Å². The second kappa shape index (κ2) is 5.47. The zero-order chi connectivity index (χ0) is 11.3. The van der Waals surface area contributed by atoms with Gasteiger partial charge in [0.1, 0.15) is 0 Å². The van der Waals surface area contributed by atoms with E-state index in [1.54, 1.807) is 6.92 Å². The minimum absolute atomic E-state index is 0.218. The van der Waals surface area contributed by atoms with E-state index in [0.29, 0.717) is 5.69 Å². The fourth-order valence-electron chi connectivity index (χ4n) is 0.639. The molecule has 2 rings (SSSR count). The van der Waals surface area contributed by atoms with Crippen LogP contribution in [0, 0.1) is 13.8 Å². The highest BCUT2D eigenvalue weighted by atomic mass is 32.1. The Hall–Kier alpha value is -1.41. The molecule has 0 aliphatic rings. The van der Waals surface area contributed by atoms with Gasteiger partial charge in [-0.25, -0.2) is 4.79 Å². The average molecular weight is 244 g/mol. The number of hydrogen-bond donors (Lipinski definition) is 1. The van der Waals surface area contributed by atoms with E-state index in [2.05, 4.69) is 19.2 Å². The molecular weight excluding hydrogens is 236 g/mol. The number of carbonyl (C=O) groups is 1. The second-order valence-electron chi connectivity index (χ2n) is 2.54. The van der Waals surface area contributed by atoms with E-state index in [1.165, 1.54) is 11.5 Å². The first-order valence-electron chi connectivity index (χ1n) is 3.87. The van der Waals surface area contributed by atoms with Crippen LogP contribution in [0.5, 0.6) is 0 Å². The Morgan fingerprint density at radius 3 is 2.27 bits per heavy atom. The molecule has 0 saturated heterocycles. The molecule has 0 aliphatic carbocycles. The molecular formula is C7H8N4O2S2. The van der Waals surface area contributed by atoms with E-state index in [4.69, 9.17) is 5.11 Å². The molecule has 80 valence electrons. The number of aromatic nitrogens is 4. The molecule has 2 aromatic rings. The summed E-state index contributed by atoms with van der Waals surface area (Å²) in [7, 11) is 0. The standard InChI is InChI=1S/C4H4N2O2S.C3H4N2S/c1-2-3(4(7)8)9-6-5-2;1-3-2-6-5-4-3/h1H3,(H,7,8);2H,1H3. The van der Waals surface area contributed by atoms with Crippen LogP contribution in [0.25, 0.3) is 0 Å². The van der Waals surface area contributed by atoms with Crippen LogP contribution in [0.4, 0.5) is 0 Å². The molecule has 0 unspecified atom stereocenters. The van der Waals surface area contributed by atoms with Crippen LogP contribution in [0.1, 0.15) is 21.1 Å². The van der Waals surface area contributed by atoms with Crippen molar-refractivity contribution in [1.82, 2.24) is 19.2 Å². The van der Waals surface area contributed by atoms with Gasteiger partial charge < -0.3 is 5.11 Å². The van der Waals surface area contributed by atoms with Crippen molar-refractivity contribution >= 4 is 29.0 Å². The van der Waals surface area contributed by atoms with Crippen LogP contribution in [0.3, 0.4) is 0 Å². The van der Waals surface area contributed by atoms with Gasteiger partial charge in [-0.3, -0.25) is 0 Å². The van der Waals surface area contributed by atoms with Gasteiger partial charge in [0, 0.05) is 5.38 Å². The minimum atomic E-state index is -0.956. The maximum atomic E-state index is 10.2. The third kappa shape index (κ3) is 3.68. The lowest BCUT2D eigenvalue weighted by molar-refractivity contribution is 0.0701. The normalized spacial score (nSPS) is 9.20. The van der Waals surface area contributed by atoms with Crippen LogP contribution in [-0.2, 0) is 0 Å². The van der Waals surface area contributed by atoms with Crippen molar-refractivity contribution in [2.75, 3.05) is 0 Å².